The van der Waals surface area contributed by atoms with Gasteiger partial charge in [-0.3, -0.25) is 0 Å². The first kappa shape index (κ1) is 13.7. The van der Waals surface area contributed by atoms with Gasteiger partial charge in [0.1, 0.15) is 5.75 Å². The van der Waals surface area contributed by atoms with E-state index in [-0.39, 0.29) is 6.04 Å². The molecule has 3 heteroatoms. The normalized spacial score (nSPS) is 14.9. The molecule has 2 nitrogen and oxygen atoms in total. The third kappa shape index (κ3) is 2.89. The Morgan fingerprint density at radius 3 is 3.00 bits per heavy atom. The van der Waals surface area contributed by atoms with Crippen LogP contribution in [0.2, 0.25) is 0 Å². The Morgan fingerprint density at radius 2 is 2.20 bits per heavy atom. The number of aryl methyl sites for hydroxylation is 2. The molecule has 0 aliphatic carbocycles. The molecule has 1 aromatic carbocycles. The summed E-state index contributed by atoms with van der Waals surface area (Å²) in [4.78, 5) is 2.73. The van der Waals surface area contributed by atoms with Crippen molar-refractivity contribution in [3.8, 4) is 5.75 Å². The second-order valence-corrected chi connectivity index (χ2v) is 6.54. The third-order valence-corrected chi connectivity index (χ3v) is 5.26. The molecule has 106 valence electrons. The zero-order chi connectivity index (χ0) is 13.9. The van der Waals surface area contributed by atoms with Gasteiger partial charge in [0.15, 0.2) is 0 Å². The summed E-state index contributed by atoms with van der Waals surface area (Å²) in [6, 6.07) is 11.1. The Morgan fingerprint density at radius 1 is 1.30 bits per heavy atom. The van der Waals surface area contributed by atoms with E-state index in [0.717, 1.165) is 38.0 Å². The van der Waals surface area contributed by atoms with Crippen molar-refractivity contribution in [2.24, 2.45) is 5.73 Å². The minimum Gasteiger partial charge on any atom is -0.493 e. The van der Waals surface area contributed by atoms with Gasteiger partial charge in [-0.15, -0.1) is 11.3 Å². The van der Waals surface area contributed by atoms with Gasteiger partial charge < -0.3 is 10.5 Å². The topological polar surface area (TPSA) is 35.2 Å². The number of hydrogen-bond acceptors (Lipinski definition) is 3. The van der Waals surface area contributed by atoms with Crippen molar-refractivity contribution in [2.45, 2.75) is 38.6 Å². The molecule has 1 aromatic heterocycles. The molecule has 2 aromatic rings. The molecule has 2 heterocycles. The number of nitrogens with two attached hydrogens (primary N) is 1. The highest BCUT2D eigenvalue weighted by atomic mass is 32.1. The minimum absolute atomic E-state index is 0.157. The van der Waals surface area contributed by atoms with E-state index in [1.54, 1.807) is 0 Å². The number of benzene rings is 1. The van der Waals surface area contributed by atoms with Crippen LogP contribution in [0, 0.1) is 0 Å². The van der Waals surface area contributed by atoms with Crippen LogP contribution in [0.1, 0.15) is 40.3 Å². The lowest BCUT2D eigenvalue weighted by atomic mass is 10.0. The van der Waals surface area contributed by atoms with Crippen LogP contribution in [0.15, 0.2) is 30.3 Å². The van der Waals surface area contributed by atoms with Gasteiger partial charge in [0.25, 0.3) is 0 Å². The molecule has 20 heavy (non-hydrogen) atoms. The van der Waals surface area contributed by atoms with Gasteiger partial charge in [0.2, 0.25) is 0 Å². The van der Waals surface area contributed by atoms with Gasteiger partial charge >= 0.3 is 0 Å². The summed E-state index contributed by atoms with van der Waals surface area (Å²) in [5.74, 6) is 1.06. The van der Waals surface area contributed by atoms with E-state index >= 15 is 0 Å². The molecule has 0 saturated carbocycles. The average Bonchev–Trinajstić information content (AvgIpc) is 3.12. The van der Waals surface area contributed by atoms with Crippen LogP contribution in [0.4, 0.5) is 0 Å². The smallest absolute Gasteiger partial charge is 0.122 e. The highest BCUT2D eigenvalue weighted by Gasteiger charge is 2.13. The molecule has 1 aliphatic rings. The van der Waals surface area contributed by atoms with Gasteiger partial charge in [-0.25, -0.2) is 0 Å². The summed E-state index contributed by atoms with van der Waals surface area (Å²) in [7, 11) is 0. The quantitative estimate of drug-likeness (QED) is 0.906. The van der Waals surface area contributed by atoms with Crippen molar-refractivity contribution < 1.29 is 4.74 Å². The van der Waals surface area contributed by atoms with Gasteiger partial charge in [0, 0.05) is 22.2 Å². The van der Waals surface area contributed by atoms with Gasteiger partial charge in [-0.1, -0.05) is 19.1 Å². The molecular formula is C17H21NOS. The van der Waals surface area contributed by atoms with Crippen LogP contribution >= 0.6 is 11.3 Å². The molecule has 0 spiro atoms. The highest BCUT2D eigenvalue weighted by Crippen LogP contribution is 2.28. The van der Waals surface area contributed by atoms with E-state index in [2.05, 4.69) is 37.3 Å². The maximum atomic E-state index is 6.31. The number of thiophene rings is 1. The van der Waals surface area contributed by atoms with Crippen molar-refractivity contribution in [3.63, 3.8) is 0 Å². The Kier molecular flexibility index (Phi) is 4.08. The molecule has 1 aliphatic heterocycles. The molecular weight excluding hydrogens is 266 g/mol. The molecule has 3 rings (SSSR count). The molecule has 0 radical (unpaired) electrons. The van der Waals surface area contributed by atoms with Crippen LogP contribution in [-0.4, -0.2) is 6.61 Å². The van der Waals surface area contributed by atoms with Crippen molar-refractivity contribution in [2.75, 3.05) is 6.61 Å². The molecule has 0 amide bonds. The Balaban J connectivity index is 1.61. The lowest BCUT2D eigenvalue weighted by Gasteiger charge is -2.10. The zero-order valence-corrected chi connectivity index (χ0v) is 12.7. The van der Waals surface area contributed by atoms with Crippen LogP contribution in [0.25, 0.3) is 0 Å². The second kappa shape index (κ2) is 5.98. The van der Waals surface area contributed by atoms with E-state index in [0.29, 0.717) is 0 Å². The lowest BCUT2D eigenvalue weighted by Crippen LogP contribution is -2.09. The molecule has 0 bridgehead atoms. The van der Waals surface area contributed by atoms with Crippen molar-refractivity contribution in [1.29, 1.82) is 0 Å². The predicted octanol–water partition coefficient (Wildman–Crippen LogP) is 3.88. The van der Waals surface area contributed by atoms with Crippen molar-refractivity contribution in [3.05, 3.63) is 51.2 Å². The Bertz CT molecular complexity index is 590. The summed E-state index contributed by atoms with van der Waals surface area (Å²) in [5, 5.41) is 0. The summed E-state index contributed by atoms with van der Waals surface area (Å²) < 4.78 is 5.54. The average molecular weight is 287 g/mol. The number of fused-ring (bicyclic) bond motifs is 1. The minimum atomic E-state index is 0.157. The van der Waals surface area contributed by atoms with E-state index in [4.69, 9.17) is 10.5 Å². The van der Waals surface area contributed by atoms with Crippen molar-refractivity contribution in [1.82, 2.24) is 0 Å². The SMILES string of the molecule is CCc1ccc(C(N)CCc2ccc3c(c2)CCO3)s1. The van der Waals surface area contributed by atoms with Crippen LogP contribution in [-0.2, 0) is 19.3 Å². The fourth-order valence-corrected chi connectivity index (χ4v) is 3.63. The van der Waals surface area contributed by atoms with Gasteiger partial charge in [-0.2, -0.15) is 0 Å². The number of hydrogen-bond donors (Lipinski definition) is 1. The first-order chi connectivity index (χ1) is 9.76. The standard InChI is InChI=1S/C17H21NOS/c1-2-14-5-8-17(20-14)15(18)6-3-12-4-7-16-13(11-12)9-10-19-16/h4-5,7-8,11,15H,2-3,6,9-10,18H2,1H3. The predicted molar refractivity (Wildman–Crippen MR) is 84.6 cm³/mol. The van der Waals surface area contributed by atoms with E-state index in [9.17, 15) is 0 Å². The Labute approximate surface area is 124 Å². The van der Waals surface area contributed by atoms with Crippen LogP contribution < -0.4 is 10.5 Å². The molecule has 1 atom stereocenters. The number of rotatable bonds is 5. The van der Waals surface area contributed by atoms with E-state index < -0.39 is 0 Å². The van der Waals surface area contributed by atoms with Crippen LogP contribution in [0.5, 0.6) is 5.75 Å². The van der Waals surface area contributed by atoms with Gasteiger partial charge in [0.05, 0.1) is 6.61 Å². The summed E-state index contributed by atoms with van der Waals surface area (Å²) in [6.45, 7) is 3.01. The largest absolute Gasteiger partial charge is 0.493 e. The fourth-order valence-electron chi connectivity index (χ4n) is 2.64. The summed E-state index contributed by atoms with van der Waals surface area (Å²) in [6.07, 6.45) is 4.18. The summed E-state index contributed by atoms with van der Waals surface area (Å²) in [5.41, 5.74) is 9.03. The molecule has 1 unspecified atom stereocenters. The van der Waals surface area contributed by atoms with E-state index in [1.807, 2.05) is 11.3 Å². The highest BCUT2D eigenvalue weighted by molar-refractivity contribution is 7.12. The lowest BCUT2D eigenvalue weighted by molar-refractivity contribution is 0.357. The first-order valence-corrected chi connectivity index (χ1v) is 8.16. The fraction of sp³-hybridized carbons (Fsp3) is 0.412. The first-order valence-electron chi connectivity index (χ1n) is 7.35. The molecule has 0 fully saturated rings. The monoisotopic (exact) mass is 287 g/mol. The van der Waals surface area contributed by atoms with Crippen molar-refractivity contribution >= 4 is 11.3 Å². The molecule has 0 saturated heterocycles. The zero-order valence-electron chi connectivity index (χ0n) is 11.9. The van der Waals surface area contributed by atoms with Gasteiger partial charge in [-0.05, 0) is 48.6 Å². The second-order valence-electron chi connectivity index (χ2n) is 5.34. The van der Waals surface area contributed by atoms with E-state index in [1.165, 1.54) is 20.9 Å². The number of ether oxygens (including phenoxy) is 1. The Hall–Kier alpha value is -1.32. The maximum absolute atomic E-state index is 6.31. The molecule has 2 N–H and O–H groups in total. The van der Waals surface area contributed by atoms with Crippen LogP contribution in [0.3, 0.4) is 0 Å². The third-order valence-electron chi connectivity index (χ3n) is 3.89. The maximum Gasteiger partial charge on any atom is 0.122 e. The summed E-state index contributed by atoms with van der Waals surface area (Å²) >= 11 is 1.85.